The number of hydrogen-bond donors (Lipinski definition) is 1. The van der Waals surface area contributed by atoms with Gasteiger partial charge in [0.1, 0.15) is 0 Å². The highest BCUT2D eigenvalue weighted by molar-refractivity contribution is 4.69. The van der Waals surface area contributed by atoms with Crippen LogP contribution in [0.5, 0.6) is 0 Å². The van der Waals surface area contributed by atoms with Crippen molar-refractivity contribution < 1.29 is 9.47 Å². The van der Waals surface area contributed by atoms with Crippen molar-refractivity contribution in [3.05, 3.63) is 0 Å². The van der Waals surface area contributed by atoms with Gasteiger partial charge in [0.2, 0.25) is 0 Å². The summed E-state index contributed by atoms with van der Waals surface area (Å²) < 4.78 is 10.9. The Morgan fingerprint density at radius 1 is 1.20 bits per heavy atom. The van der Waals surface area contributed by atoms with Gasteiger partial charge >= 0.3 is 0 Å². The molecule has 90 valence electrons. The summed E-state index contributed by atoms with van der Waals surface area (Å²) in [5.41, 5.74) is 0. The van der Waals surface area contributed by atoms with Crippen molar-refractivity contribution >= 4 is 0 Å². The van der Waals surface area contributed by atoms with E-state index in [1.54, 1.807) is 0 Å². The summed E-state index contributed by atoms with van der Waals surface area (Å²) in [4.78, 5) is 0. The zero-order valence-electron chi connectivity index (χ0n) is 10.1. The molecule has 1 atom stereocenters. The summed E-state index contributed by atoms with van der Waals surface area (Å²) in [5.74, 6) is 0. The predicted octanol–water partition coefficient (Wildman–Crippen LogP) is 2.31. The summed E-state index contributed by atoms with van der Waals surface area (Å²) in [6.45, 7) is 6.95. The van der Waals surface area contributed by atoms with Crippen LogP contribution in [0.4, 0.5) is 0 Å². The van der Waals surface area contributed by atoms with E-state index in [0.29, 0.717) is 6.04 Å². The van der Waals surface area contributed by atoms with Crippen LogP contribution in [0.3, 0.4) is 0 Å². The molecule has 0 aromatic heterocycles. The lowest BCUT2D eigenvalue weighted by Gasteiger charge is -2.20. The molecule has 0 spiro atoms. The zero-order valence-corrected chi connectivity index (χ0v) is 10.1. The molecular weight excluding hydrogens is 190 g/mol. The van der Waals surface area contributed by atoms with Gasteiger partial charge in [0.15, 0.2) is 6.29 Å². The van der Waals surface area contributed by atoms with Crippen LogP contribution >= 0.6 is 0 Å². The van der Waals surface area contributed by atoms with Crippen molar-refractivity contribution in [1.82, 2.24) is 5.32 Å². The van der Waals surface area contributed by atoms with Crippen molar-refractivity contribution in [1.29, 1.82) is 0 Å². The van der Waals surface area contributed by atoms with E-state index in [4.69, 9.17) is 9.47 Å². The fraction of sp³-hybridized carbons (Fsp3) is 1.00. The number of hydrogen-bond acceptors (Lipinski definition) is 3. The molecule has 1 N–H and O–H groups in total. The number of unbranched alkanes of at least 4 members (excludes halogenated alkanes) is 2. The van der Waals surface area contributed by atoms with Crippen molar-refractivity contribution in [3.8, 4) is 0 Å². The van der Waals surface area contributed by atoms with Crippen LogP contribution in [0.1, 0.15) is 46.0 Å². The van der Waals surface area contributed by atoms with E-state index in [9.17, 15) is 0 Å². The largest absolute Gasteiger partial charge is 0.350 e. The molecule has 0 bridgehead atoms. The quantitative estimate of drug-likeness (QED) is 0.630. The van der Waals surface area contributed by atoms with Gasteiger partial charge in [-0.1, -0.05) is 33.1 Å². The normalized spacial score (nSPS) is 19.6. The van der Waals surface area contributed by atoms with E-state index < -0.39 is 0 Å². The Bertz CT molecular complexity index is 147. The maximum atomic E-state index is 5.47. The molecule has 0 aromatic carbocycles. The Hall–Kier alpha value is -0.120. The molecule has 0 radical (unpaired) electrons. The first kappa shape index (κ1) is 12.9. The third-order valence-corrected chi connectivity index (χ3v) is 2.82. The summed E-state index contributed by atoms with van der Waals surface area (Å²) in [6, 6.07) is 0.560. The first-order chi connectivity index (χ1) is 7.36. The van der Waals surface area contributed by atoms with Gasteiger partial charge < -0.3 is 14.8 Å². The second-order valence-corrected chi connectivity index (χ2v) is 4.16. The summed E-state index contributed by atoms with van der Waals surface area (Å²) >= 11 is 0. The third kappa shape index (κ3) is 5.50. The lowest BCUT2D eigenvalue weighted by atomic mass is 10.1. The van der Waals surface area contributed by atoms with Gasteiger partial charge in [-0.25, -0.2) is 0 Å². The molecule has 0 aromatic rings. The Morgan fingerprint density at radius 2 is 1.93 bits per heavy atom. The Balaban J connectivity index is 2.16. The fourth-order valence-electron chi connectivity index (χ4n) is 2.01. The topological polar surface area (TPSA) is 30.5 Å². The maximum Gasteiger partial charge on any atom is 0.159 e. The zero-order chi connectivity index (χ0) is 10.9. The van der Waals surface area contributed by atoms with Gasteiger partial charge in [-0.2, -0.15) is 0 Å². The molecule has 1 fully saturated rings. The highest BCUT2D eigenvalue weighted by Crippen LogP contribution is 2.14. The minimum absolute atomic E-state index is 0.0377. The summed E-state index contributed by atoms with van der Waals surface area (Å²) in [5, 5.41) is 3.51. The van der Waals surface area contributed by atoms with Crippen LogP contribution in [0.2, 0.25) is 0 Å². The van der Waals surface area contributed by atoms with Gasteiger partial charge in [0, 0.05) is 12.5 Å². The van der Waals surface area contributed by atoms with Crippen LogP contribution in [-0.2, 0) is 9.47 Å². The maximum absolute atomic E-state index is 5.47. The van der Waals surface area contributed by atoms with E-state index in [1.165, 1.54) is 25.7 Å². The average molecular weight is 215 g/mol. The molecule has 3 heteroatoms. The second kappa shape index (κ2) is 8.08. The Morgan fingerprint density at radius 3 is 2.53 bits per heavy atom. The number of ether oxygens (including phenoxy) is 2. The fourth-order valence-corrected chi connectivity index (χ4v) is 2.01. The van der Waals surface area contributed by atoms with E-state index in [-0.39, 0.29) is 6.29 Å². The molecule has 15 heavy (non-hydrogen) atoms. The predicted molar refractivity (Wildman–Crippen MR) is 61.9 cm³/mol. The molecule has 0 amide bonds. The van der Waals surface area contributed by atoms with Gasteiger partial charge in [0.25, 0.3) is 0 Å². The van der Waals surface area contributed by atoms with E-state index in [0.717, 1.165) is 26.2 Å². The molecule has 3 nitrogen and oxygen atoms in total. The number of rotatable bonds is 8. The molecule has 1 heterocycles. The summed E-state index contributed by atoms with van der Waals surface area (Å²) in [6.07, 6.45) is 6.20. The SMILES string of the molecule is CCCCCC(CC1OCCO1)NCC. The molecule has 1 rings (SSSR count). The highest BCUT2D eigenvalue weighted by atomic mass is 16.7. The Labute approximate surface area is 93.5 Å². The van der Waals surface area contributed by atoms with Crippen LogP contribution < -0.4 is 5.32 Å². The van der Waals surface area contributed by atoms with Crippen molar-refractivity contribution in [2.75, 3.05) is 19.8 Å². The van der Waals surface area contributed by atoms with E-state index in [2.05, 4.69) is 19.2 Å². The van der Waals surface area contributed by atoms with E-state index >= 15 is 0 Å². The molecule has 0 aliphatic carbocycles. The van der Waals surface area contributed by atoms with Gasteiger partial charge in [0.05, 0.1) is 13.2 Å². The van der Waals surface area contributed by atoms with Crippen LogP contribution in [0.25, 0.3) is 0 Å². The lowest BCUT2D eigenvalue weighted by Crippen LogP contribution is -2.32. The minimum atomic E-state index is 0.0377. The van der Waals surface area contributed by atoms with Gasteiger partial charge in [-0.15, -0.1) is 0 Å². The second-order valence-electron chi connectivity index (χ2n) is 4.16. The first-order valence-electron chi connectivity index (χ1n) is 6.33. The van der Waals surface area contributed by atoms with Gasteiger partial charge in [-0.3, -0.25) is 0 Å². The standard InChI is InChI=1S/C12H25NO2/c1-3-5-6-7-11(13-4-2)10-12-14-8-9-15-12/h11-13H,3-10H2,1-2H3. The van der Waals surface area contributed by atoms with Crippen LogP contribution in [0, 0.1) is 0 Å². The smallest absolute Gasteiger partial charge is 0.159 e. The molecule has 1 aliphatic rings. The third-order valence-electron chi connectivity index (χ3n) is 2.82. The minimum Gasteiger partial charge on any atom is -0.350 e. The molecular formula is C12H25NO2. The highest BCUT2D eigenvalue weighted by Gasteiger charge is 2.20. The van der Waals surface area contributed by atoms with Crippen LogP contribution in [-0.4, -0.2) is 32.1 Å². The molecule has 1 unspecified atom stereocenters. The van der Waals surface area contributed by atoms with Crippen LogP contribution in [0.15, 0.2) is 0 Å². The lowest BCUT2D eigenvalue weighted by molar-refractivity contribution is -0.0531. The monoisotopic (exact) mass is 215 g/mol. The summed E-state index contributed by atoms with van der Waals surface area (Å²) in [7, 11) is 0. The van der Waals surface area contributed by atoms with Gasteiger partial charge in [-0.05, 0) is 13.0 Å². The molecule has 1 aliphatic heterocycles. The van der Waals surface area contributed by atoms with Crippen molar-refractivity contribution in [2.45, 2.75) is 58.3 Å². The van der Waals surface area contributed by atoms with Crippen molar-refractivity contribution in [2.24, 2.45) is 0 Å². The molecule has 0 saturated carbocycles. The Kier molecular flexibility index (Phi) is 6.98. The average Bonchev–Trinajstić information content (AvgIpc) is 2.71. The molecule has 1 saturated heterocycles. The number of nitrogens with one attached hydrogen (secondary N) is 1. The van der Waals surface area contributed by atoms with E-state index in [1.807, 2.05) is 0 Å². The van der Waals surface area contributed by atoms with Crippen molar-refractivity contribution in [3.63, 3.8) is 0 Å². The first-order valence-corrected chi connectivity index (χ1v) is 6.33.